The number of methoxy groups -OCH3 is 1. The molecule has 3 aromatic rings. The van der Waals surface area contributed by atoms with E-state index in [-0.39, 0.29) is 0 Å². The summed E-state index contributed by atoms with van der Waals surface area (Å²) >= 11 is 0. The van der Waals surface area contributed by atoms with Crippen molar-refractivity contribution in [3.8, 4) is 16.9 Å². The van der Waals surface area contributed by atoms with Gasteiger partial charge in [-0.2, -0.15) is 0 Å². The Bertz CT molecular complexity index is 1060. The van der Waals surface area contributed by atoms with Crippen LogP contribution in [0.2, 0.25) is 0 Å². The van der Waals surface area contributed by atoms with Crippen LogP contribution in [0.5, 0.6) is 5.75 Å². The van der Waals surface area contributed by atoms with Crippen molar-refractivity contribution in [3.05, 3.63) is 89.5 Å². The molecule has 0 radical (unpaired) electrons. The molecule has 0 spiro atoms. The predicted molar refractivity (Wildman–Crippen MR) is 125 cm³/mol. The van der Waals surface area contributed by atoms with Gasteiger partial charge in [0.2, 0.25) is 0 Å². The Morgan fingerprint density at radius 3 is 1.75 bits per heavy atom. The number of rotatable bonds is 5. The third-order valence-corrected chi connectivity index (χ3v) is 6.34. The fourth-order valence-electron chi connectivity index (χ4n) is 4.28. The molecule has 1 aliphatic rings. The Hall–Kier alpha value is -3.40. The number of esters is 2. The van der Waals surface area contributed by atoms with Gasteiger partial charge < -0.3 is 9.47 Å². The van der Waals surface area contributed by atoms with Crippen LogP contribution >= 0.6 is 0 Å². The molecule has 3 aromatic carbocycles. The quantitative estimate of drug-likeness (QED) is 0.337. The molecule has 0 bridgehead atoms. The van der Waals surface area contributed by atoms with Crippen molar-refractivity contribution in [2.24, 2.45) is 5.92 Å². The molecule has 4 nitrogen and oxygen atoms in total. The van der Waals surface area contributed by atoms with Crippen LogP contribution in [0.3, 0.4) is 0 Å². The maximum absolute atomic E-state index is 12.5. The smallest absolute Gasteiger partial charge is 0.343 e. The van der Waals surface area contributed by atoms with E-state index in [4.69, 9.17) is 4.74 Å². The zero-order valence-electron chi connectivity index (χ0n) is 18.5. The van der Waals surface area contributed by atoms with Crippen LogP contribution in [0.15, 0.2) is 72.8 Å². The minimum absolute atomic E-state index is 0.374. The maximum Gasteiger partial charge on any atom is 0.343 e. The van der Waals surface area contributed by atoms with E-state index in [0.717, 1.165) is 17.0 Å². The summed E-state index contributed by atoms with van der Waals surface area (Å²) in [6.45, 7) is 2.35. The number of hydrogen-bond acceptors (Lipinski definition) is 4. The van der Waals surface area contributed by atoms with E-state index in [1.165, 1.54) is 38.4 Å². The number of hydrogen-bond donors (Lipinski definition) is 0. The van der Waals surface area contributed by atoms with Crippen molar-refractivity contribution in [2.45, 2.75) is 38.5 Å². The molecule has 4 heteroatoms. The van der Waals surface area contributed by atoms with Crippen LogP contribution in [0.4, 0.5) is 0 Å². The first-order valence-electron chi connectivity index (χ1n) is 11.1. The highest BCUT2D eigenvalue weighted by molar-refractivity contribution is 5.92. The molecular formula is C28H28O4. The number of benzene rings is 3. The summed E-state index contributed by atoms with van der Waals surface area (Å²) in [4.78, 5) is 24.0. The van der Waals surface area contributed by atoms with Crippen LogP contribution < -0.4 is 4.74 Å². The Kier molecular flexibility index (Phi) is 6.69. The van der Waals surface area contributed by atoms with Crippen molar-refractivity contribution in [2.75, 3.05) is 7.11 Å². The molecule has 0 aliphatic heterocycles. The minimum atomic E-state index is -0.441. The lowest BCUT2D eigenvalue weighted by Gasteiger charge is -2.26. The van der Waals surface area contributed by atoms with Crippen molar-refractivity contribution in [3.63, 3.8) is 0 Å². The summed E-state index contributed by atoms with van der Waals surface area (Å²) in [5.74, 6) is 1.04. The minimum Gasteiger partial charge on any atom is -0.465 e. The number of carbonyl (C=O) groups excluding carboxylic acids is 2. The largest absolute Gasteiger partial charge is 0.465 e. The van der Waals surface area contributed by atoms with Gasteiger partial charge in [-0.1, -0.05) is 56.2 Å². The van der Waals surface area contributed by atoms with Gasteiger partial charge in [0.25, 0.3) is 0 Å². The Labute approximate surface area is 189 Å². The standard InChI is InChI=1S/C28H28O4/c1-19-3-5-20(6-4-19)21-7-9-22(10-8-21)23-11-13-25(14-12-23)28(30)32-26-17-15-24(16-18-26)27(29)31-2/h7-20H,3-6H2,1-2H3. The van der Waals surface area contributed by atoms with Gasteiger partial charge in [-0.25, -0.2) is 9.59 Å². The zero-order valence-corrected chi connectivity index (χ0v) is 18.5. The summed E-state index contributed by atoms with van der Waals surface area (Å²) in [6.07, 6.45) is 5.20. The van der Waals surface area contributed by atoms with Gasteiger partial charge in [0.05, 0.1) is 18.2 Å². The van der Waals surface area contributed by atoms with Gasteiger partial charge in [0.1, 0.15) is 5.75 Å². The zero-order chi connectivity index (χ0) is 22.5. The highest BCUT2D eigenvalue weighted by atomic mass is 16.5. The van der Waals surface area contributed by atoms with E-state index >= 15 is 0 Å². The van der Waals surface area contributed by atoms with Gasteiger partial charge in [-0.05, 0) is 77.8 Å². The van der Waals surface area contributed by atoms with Gasteiger partial charge in [0, 0.05) is 0 Å². The van der Waals surface area contributed by atoms with Crippen molar-refractivity contribution in [1.29, 1.82) is 0 Å². The van der Waals surface area contributed by atoms with Crippen LogP contribution in [0, 0.1) is 5.92 Å². The normalized spacial score (nSPS) is 18.1. The Balaban J connectivity index is 1.39. The summed E-state index contributed by atoms with van der Waals surface area (Å²) in [5.41, 5.74) is 4.50. The Morgan fingerprint density at radius 1 is 0.688 bits per heavy atom. The molecule has 0 heterocycles. The fraction of sp³-hybridized carbons (Fsp3) is 0.286. The highest BCUT2D eigenvalue weighted by Crippen LogP contribution is 2.36. The molecule has 164 valence electrons. The third-order valence-electron chi connectivity index (χ3n) is 6.34. The molecule has 0 saturated heterocycles. The lowest BCUT2D eigenvalue weighted by atomic mass is 9.79. The van der Waals surface area contributed by atoms with E-state index in [1.54, 1.807) is 36.4 Å². The average Bonchev–Trinajstić information content (AvgIpc) is 2.85. The number of ether oxygens (including phenoxy) is 2. The summed E-state index contributed by atoms with van der Waals surface area (Å²) in [6, 6.07) is 22.5. The third kappa shape index (κ3) is 5.08. The molecule has 1 saturated carbocycles. The second-order valence-corrected chi connectivity index (χ2v) is 8.56. The molecular weight excluding hydrogens is 400 g/mol. The first-order valence-corrected chi connectivity index (χ1v) is 11.1. The predicted octanol–water partition coefficient (Wildman–Crippen LogP) is 6.65. The molecule has 0 aromatic heterocycles. The lowest BCUT2D eigenvalue weighted by molar-refractivity contribution is 0.0600. The SMILES string of the molecule is COC(=O)c1ccc(OC(=O)c2ccc(-c3ccc(C4CCC(C)CC4)cc3)cc2)cc1. The molecule has 1 fully saturated rings. The van der Waals surface area contributed by atoms with Gasteiger partial charge in [0.15, 0.2) is 0 Å². The second kappa shape index (κ2) is 9.82. The molecule has 0 amide bonds. The lowest BCUT2D eigenvalue weighted by Crippen LogP contribution is -2.10. The molecule has 1 aliphatic carbocycles. The van der Waals surface area contributed by atoms with Gasteiger partial charge >= 0.3 is 11.9 Å². The van der Waals surface area contributed by atoms with Crippen LogP contribution in [-0.2, 0) is 4.74 Å². The van der Waals surface area contributed by atoms with Gasteiger partial charge in [-0.15, -0.1) is 0 Å². The average molecular weight is 429 g/mol. The van der Waals surface area contributed by atoms with E-state index in [2.05, 4.69) is 35.9 Å². The maximum atomic E-state index is 12.5. The topological polar surface area (TPSA) is 52.6 Å². The van der Waals surface area contributed by atoms with E-state index in [1.807, 2.05) is 12.1 Å². The summed E-state index contributed by atoms with van der Waals surface area (Å²) in [7, 11) is 1.32. The first kappa shape index (κ1) is 21.8. The van der Waals surface area contributed by atoms with E-state index in [0.29, 0.717) is 22.8 Å². The highest BCUT2D eigenvalue weighted by Gasteiger charge is 2.19. The monoisotopic (exact) mass is 428 g/mol. The molecule has 4 rings (SSSR count). The molecule has 32 heavy (non-hydrogen) atoms. The van der Waals surface area contributed by atoms with E-state index < -0.39 is 11.9 Å². The molecule has 0 N–H and O–H groups in total. The summed E-state index contributed by atoms with van der Waals surface area (Å²) < 4.78 is 10.1. The Morgan fingerprint density at radius 2 is 1.19 bits per heavy atom. The van der Waals surface area contributed by atoms with Crippen molar-refractivity contribution >= 4 is 11.9 Å². The van der Waals surface area contributed by atoms with E-state index in [9.17, 15) is 9.59 Å². The van der Waals surface area contributed by atoms with Crippen LogP contribution in [0.25, 0.3) is 11.1 Å². The summed E-state index contributed by atoms with van der Waals surface area (Å²) in [5, 5.41) is 0. The first-order chi connectivity index (χ1) is 15.5. The fourth-order valence-corrected chi connectivity index (χ4v) is 4.28. The van der Waals surface area contributed by atoms with Crippen molar-refractivity contribution < 1.29 is 19.1 Å². The second-order valence-electron chi connectivity index (χ2n) is 8.56. The van der Waals surface area contributed by atoms with Gasteiger partial charge in [-0.3, -0.25) is 0 Å². The van der Waals surface area contributed by atoms with Crippen molar-refractivity contribution in [1.82, 2.24) is 0 Å². The van der Waals surface area contributed by atoms with Crippen LogP contribution in [0.1, 0.15) is 64.8 Å². The van der Waals surface area contributed by atoms with Crippen LogP contribution in [-0.4, -0.2) is 19.0 Å². The molecule has 0 unspecified atom stereocenters. The number of carbonyl (C=O) groups is 2. The molecule has 0 atom stereocenters.